The lowest BCUT2D eigenvalue weighted by atomic mass is 10.1. The molecule has 0 spiro atoms. The summed E-state index contributed by atoms with van der Waals surface area (Å²) in [6.07, 6.45) is 3.42. The van der Waals surface area contributed by atoms with Gasteiger partial charge in [-0.2, -0.15) is 0 Å². The lowest BCUT2D eigenvalue weighted by molar-refractivity contribution is -0.385. The quantitative estimate of drug-likeness (QED) is 0.689. The van der Waals surface area contributed by atoms with E-state index >= 15 is 0 Å². The zero-order valence-corrected chi connectivity index (χ0v) is 11.8. The normalized spacial score (nSPS) is 10.2. The third-order valence-corrected chi connectivity index (χ3v) is 3.24. The Morgan fingerprint density at radius 1 is 1.42 bits per heavy atom. The van der Waals surface area contributed by atoms with Gasteiger partial charge in [0.2, 0.25) is 0 Å². The molecule has 1 aromatic heterocycles. The predicted octanol–water partition coefficient (Wildman–Crippen LogP) is 3.67. The van der Waals surface area contributed by atoms with Crippen LogP contribution in [0.15, 0.2) is 41.1 Å². The number of hydrogen-bond donors (Lipinski definition) is 1. The first-order valence-electron chi connectivity index (χ1n) is 5.65. The van der Waals surface area contributed by atoms with E-state index in [1.165, 1.54) is 6.07 Å². The average Bonchev–Trinajstić information content (AvgIpc) is 2.37. The van der Waals surface area contributed by atoms with E-state index in [0.29, 0.717) is 12.1 Å². The number of nitro groups is 1. The highest BCUT2D eigenvalue weighted by molar-refractivity contribution is 9.10. The van der Waals surface area contributed by atoms with E-state index in [9.17, 15) is 10.1 Å². The van der Waals surface area contributed by atoms with Gasteiger partial charge in [0.25, 0.3) is 5.69 Å². The van der Waals surface area contributed by atoms with Crippen molar-refractivity contribution in [1.82, 2.24) is 4.98 Å². The van der Waals surface area contributed by atoms with Gasteiger partial charge in [0, 0.05) is 28.8 Å². The molecule has 98 valence electrons. The summed E-state index contributed by atoms with van der Waals surface area (Å²) in [5.74, 6) is 0. The van der Waals surface area contributed by atoms with Gasteiger partial charge < -0.3 is 5.32 Å². The molecule has 0 amide bonds. The second kappa shape index (κ2) is 5.79. The maximum atomic E-state index is 11.0. The summed E-state index contributed by atoms with van der Waals surface area (Å²) in [4.78, 5) is 14.6. The van der Waals surface area contributed by atoms with E-state index in [2.05, 4.69) is 26.2 Å². The van der Waals surface area contributed by atoms with Gasteiger partial charge in [0.05, 0.1) is 16.8 Å². The second-order valence-electron chi connectivity index (χ2n) is 4.07. The first-order valence-corrected chi connectivity index (χ1v) is 6.44. The number of aryl methyl sites for hydroxylation is 1. The number of benzene rings is 1. The summed E-state index contributed by atoms with van der Waals surface area (Å²) in [5, 5.41) is 14.1. The molecule has 1 aromatic carbocycles. The first kappa shape index (κ1) is 13.5. The lowest BCUT2D eigenvalue weighted by Crippen LogP contribution is -2.04. The van der Waals surface area contributed by atoms with Crippen LogP contribution in [-0.4, -0.2) is 9.91 Å². The van der Waals surface area contributed by atoms with Crippen LogP contribution in [0.5, 0.6) is 0 Å². The zero-order chi connectivity index (χ0) is 13.8. The van der Waals surface area contributed by atoms with Crippen molar-refractivity contribution >= 4 is 27.3 Å². The van der Waals surface area contributed by atoms with E-state index in [-0.39, 0.29) is 10.6 Å². The Hall–Kier alpha value is -1.95. The Balaban J connectivity index is 2.22. The Bertz CT molecular complexity index is 617. The minimum absolute atomic E-state index is 0.109. The zero-order valence-electron chi connectivity index (χ0n) is 10.3. The standard InChI is InChI=1S/C13H12BrN3O2/c1-9-4-5-15-8-12(9)16-7-10-6-11(14)2-3-13(10)17(18)19/h2-6,8,16H,7H2,1H3. The van der Waals surface area contributed by atoms with E-state index in [1.807, 2.05) is 13.0 Å². The highest BCUT2D eigenvalue weighted by atomic mass is 79.9. The Morgan fingerprint density at radius 2 is 2.21 bits per heavy atom. The second-order valence-corrected chi connectivity index (χ2v) is 4.99. The fourth-order valence-corrected chi connectivity index (χ4v) is 2.12. The van der Waals surface area contributed by atoms with Crippen LogP contribution in [-0.2, 0) is 6.54 Å². The SMILES string of the molecule is Cc1ccncc1NCc1cc(Br)ccc1[N+](=O)[O-]. The molecule has 0 radical (unpaired) electrons. The van der Waals surface area contributed by atoms with Crippen molar-refractivity contribution < 1.29 is 4.92 Å². The van der Waals surface area contributed by atoms with Gasteiger partial charge in [-0.05, 0) is 30.7 Å². The summed E-state index contributed by atoms with van der Waals surface area (Å²) < 4.78 is 0.817. The number of anilines is 1. The Labute approximate surface area is 119 Å². The number of rotatable bonds is 4. The van der Waals surface area contributed by atoms with Gasteiger partial charge in [-0.15, -0.1) is 0 Å². The topological polar surface area (TPSA) is 68.1 Å². The first-order chi connectivity index (χ1) is 9.08. The van der Waals surface area contributed by atoms with Crippen LogP contribution in [0.1, 0.15) is 11.1 Å². The summed E-state index contributed by atoms with van der Waals surface area (Å²) in [6, 6.07) is 6.79. The van der Waals surface area contributed by atoms with Crippen molar-refractivity contribution in [1.29, 1.82) is 0 Å². The molecule has 2 aromatic rings. The average molecular weight is 322 g/mol. The number of nitro benzene ring substituents is 1. The van der Waals surface area contributed by atoms with Crippen LogP contribution >= 0.6 is 15.9 Å². The van der Waals surface area contributed by atoms with E-state index in [4.69, 9.17) is 0 Å². The number of nitrogens with one attached hydrogen (secondary N) is 1. The molecule has 0 aliphatic carbocycles. The molecule has 2 rings (SSSR count). The van der Waals surface area contributed by atoms with Gasteiger partial charge >= 0.3 is 0 Å². The van der Waals surface area contributed by atoms with Crippen LogP contribution < -0.4 is 5.32 Å². The van der Waals surface area contributed by atoms with Crippen molar-refractivity contribution in [3.05, 3.63) is 62.4 Å². The third kappa shape index (κ3) is 3.29. The fourth-order valence-electron chi connectivity index (χ4n) is 1.71. The van der Waals surface area contributed by atoms with Crippen molar-refractivity contribution in [2.75, 3.05) is 5.32 Å². The minimum Gasteiger partial charge on any atom is -0.379 e. The molecule has 1 N–H and O–H groups in total. The largest absolute Gasteiger partial charge is 0.379 e. The molecule has 0 aliphatic heterocycles. The Kier molecular flexibility index (Phi) is 4.11. The van der Waals surface area contributed by atoms with Crippen molar-refractivity contribution in [2.24, 2.45) is 0 Å². The van der Waals surface area contributed by atoms with Crippen molar-refractivity contribution in [3.8, 4) is 0 Å². The maximum Gasteiger partial charge on any atom is 0.274 e. The predicted molar refractivity (Wildman–Crippen MR) is 77.1 cm³/mol. The number of aromatic nitrogens is 1. The van der Waals surface area contributed by atoms with Gasteiger partial charge in [-0.3, -0.25) is 15.1 Å². The highest BCUT2D eigenvalue weighted by Crippen LogP contribution is 2.24. The van der Waals surface area contributed by atoms with Crippen molar-refractivity contribution in [3.63, 3.8) is 0 Å². The molecule has 0 saturated carbocycles. The third-order valence-electron chi connectivity index (χ3n) is 2.75. The summed E-state index contributed by atoms with van der Waals surface area (Å²) in [6.45, 7) is 2.33. The molecule has 0 unspecified atom stereocenters. The molecular formula is C13H12BrN3O2. The maximum absolute atomic E-state index is 11.0. The van der Waals surface area contributed by atoms with E-state index in [0.717, 1.165) is 15.7 Å². The highest BCUT2D eigenvalue weighted by Gasteiger charge is 2.13. The van der Waals surface area contributed by atoms with Crippen LogP contribution in [0.3, 0.4) is 0 Å². The van der Waals surface area contributed by atoms with Gasteiger partial charge in [0.1, 0.15) is 0 Å². The number of hydrogen-bond acceptors (Lipinski definition) is 4. The van der Waals surface area contributed by atoms with Gasteiger partial charge in [-0.25, -0.2) is 0 Å². The molecule has 0 atom stereocenters. The molecule has 19 heavy (non-hydrogen) atoms. The molecule has 5 nitrogen and oxygen atoms in total. The van der Waals surface area contributed by atoms with Crippen LogP contribution in [0, 0.1) is 17.0 Å². The van der Waals surface area contributed by atoms with Gasteiger partial charge in [-0.1, -0.05) is 15.9 Å². The fraction of sp³-hybridized carbons (Fsp3) is 0.154. The van der Waals surface area contributed by atoms with Crippen LogP contribution in [0.4, 0.5) is 11.4 Å². The summed E-state index contributed by atoms with van der Waals surface area (Å²) in [7, 11) is 0. The molecule has 1 heterocycles. The molecule has 0 saturated heterocycles. The Morgan fingerprint density at radius 3 is 2.89 bits per heavy atom. The van der Waals surface area contributed by atoms with Crippen LogP contribution in [0.25, 0.3) is 0 Å². The molecule has 0 bridgehead atoms. The minimum atomic E-state index is -0.375. The van der Waals surface area contributed by atoms with Crippen LogP contribution in [0.2, 0.25) is 0 Å². The molecular weight excluding hydrogens is 310 g/mol. The van der Waals surface area contributed by atoms with E-state index < -0.39 is 0 Å². The van der Waals surface area contributed by atoms with E-state index in [1.54, 1.807) is 24.5 Å². The number of halogens is 1. The molecule has 6 heteroatoms. The van der Waals surface area contributed by atoms with Crippen molar-refractivity contribution in [2.45, 2.75) is 13.5 Å². The summed E-state index contributed by atoms with van der Waals surface area (Å²) >= 11 is 3.32. The number of nitrogens with zero attached hydrogens (tertiary/aromatic N) is 2. The number of pyridine rings is 1. The molecule has 0 aliphatic rings. The summed E-state index contributed by atoms with van der Waals surface area (Å²) in [5.41, 5.74) is 2.66. The monoisotopic (exact) mass is 321 g/mol. The smallest absolute Gasteiger partial charge is 0.274 e. The molecule has 0 fully saturated rings. The van der Waals surface area contributed by atoms with Gasteiger partial charge in [0.15, 0.2) is 0 Å². The lowest BCUT2D eigenvalue weighted by Gasteiger charge is -2.09.